The van der Waals surface area contributed by atoms with E-state index < -0.39 is 33.1 Å². The lowest BCUT2D eigenvalue weighted by Crippen LogP contribution is -2.16. The van der Waals surface area contributed by atoms with Crippen LogP contribution < -0.4 is 10.6 Å². The predicted octanol–water partition coefficient (Wildman–Crippen LogP) is 4.20. The molecule has 0 aliphatic rings. The number of hydrogen-bond acceptors (Lipinski definition) is 7. The van der Waals surface area contributed by atoms with Gasteiger partial charge >= 0.3 is 5.97 Å². The molecule has 0 radical (unpaired) electrons. The Morgan fingerprint density at radius 1 is 0.742 bits per heavy atom. The van der Waals surface area contributed by atoms with Gasteiger partial charge in [0.1, 0.15) is 0 Å². The molecule has 0 aromatic heterocycles. The van der Waals surface area contributed by atoms with Crippen molar-refractivity contribution in [3.05, 3.63) is 98.1 Å². The van der Waals surface area contributed by atoms with Crippen LogP contribution >= 0.6 is 0 Å². The van der Waals surface area contributed by atoms with Gasteiger partial charge < -0.3 is 15.7 Å². The average Bonchev–Trinajstić information content (AvgIpc) is 2.74. The Hall–Kier alpha value is -4.80. The number of carbonyl (C=O) groups is 2. The number of benzene rings is 3. The van der Waals surface area contributed by atoms with Crippen molar-refractivity contribution >= 4 is 40.3 Å². The fourth-order valence-corrected chi connectivity index (χ4v) is 2.75. The van der Waals surface area contributed by atoms with Gasteiger partial charge in [-0.3, -0.25) is 25.0 Å². The molecule has 3 rings (SSSR count). The summed E-state index contributed by atoms with van der Waals surface area (Å²) in [5.74, 6) is -1.83. The molecule has 0 aliphatic heterocycles. The first kappa shape index (κ1) is 20.9. The Kier molecular flexibility index (Phi) is 5.87. The van der Waals surface area contributed by atoms with Crippen molar-refractivity contribution in [1.29, 1.82) is 0 Å². The van der Waals surface area contributed by atoms with E-state index in [1.807, 2.05) is 0 Å². The van der Waals surface area contributed by atoms with Gasteiger partial charge in [0.05, 0.1) is 32.7 Å². The molecule has 0 saturated carbocycles. The van der Waals surface area contributed by atoms with E-state index in [0.717, 1.165) is 18.2 Å². The average molecular weight is 422 g/mol. The minimum absolute atomic E-state index is 0.00102. The number of carbonyl (C=O) groups excluding carboxylic acids is 1. The van der Waals surface area contributed by atoms with E-state index in [1.165, 1.54) is 30.3 Å². The number of rotatable bonds is 7. The van der Waals surface area contributed by atoms with Gasteiger partial charge in [0, 0.05) is 23.5 Å². The van der Waals surface area contributed by atoms with Crippen LogP contribution in [0.3, 0.4) is 0 Å². The molecule has 0 saturated heterocycles. The fraction of sp³-hybridized carbons (Fsp3) is 0. The van der Waals surface area contributed by atoms with Crippen LogP contribution in [0.1, 0.15) is 20.7 Å². The molecule has 3 aromatic carbocycles. The molecular formula is C20H14N4O7. The van der Waals surface area contributed by atoms with Crippen LogP contribution in [-0.4, -0.2) is 26.8 Å². The summed E-state index contributed by atoms with van der Waals surface area (Å²) in [6.45, 7) is 0. The number of anilines is 3. The maximum absolute atomic E-state index is 12.4. The van der Waals surface area contributed by atoms with Crippen LogP contribution in [0.5, 0.6) is 0 Å². The lowest BCUT2D eigenvalue weighted by atomic mass is 10.1. The minimum Gasteiger partial charge on any atom is -0.478 e. The van der Waals surface area contributed by atoms with E-state index >= 15 is 0 Å². The zero-order valence-corrected chi connectivity index (χ0v) is 15.6. The molecule has 31 heavy (non-hydrogen) atoms. The summed E-state index contributed by atoms with van der Waals surface area (Å²) in [5, 5.41) is 36.6. The zero-order chi connectivity index (χ0) is 22.5. The van der Waals surface area contributed by atoms with Crippen LogP contribution in [0.25, 0.3) is 0 Å². The summed E-state index contributed by atoms with van der Waals surface area (Å²) < 4.78 is 0. The third kappa shape index (κ3) is 4.98. The number of carboxylic acids is 1. The summed E-state index contributed by atoms with van der Waals surface area (Å²) in [7, 11) is 0. The van der Waals surface area contributed by atoms with Crippen LogP contribution in [0.15, 0.2) is 66.7 Å². The molecule has 1 amide bonds. The van der Waals surface area contributed by atoms with Gasteiger partial charge in [0.15, 0.2) is 0 Å². The largest absolute Gasteiger partial charge is 0.478 e. The van der Waals surface area contributed by atoms with Gasteiger partial charge in [-0.25, -0.2) is 4.79 Å². The van der Waals surface area contributed by atoms with Gasteiger partial charge in [-0.1, -0.05) is 12.1 Å². The molecule has 3 N–H and O–H groups in total. The number of nitro benzene ring substituents is 2. The molecule has 11 heteroatoms. The molecule has 0 atom stereocenters. The third-order valence-corrected chi connectivity index (χ3v) is 4.16. The summed E-state index contributed by atoms with van der Waals surface area (Å²) in [5.41, 5.74) is -0.0189. The number of nitro groups is 2. The van der Waals surface area contributed by atoms with E-state index in [1.54, 1.807) is 18.2 Å². The first-order valence-corrected chi connectivity index (χ1v) is 8.69. The van der Waals surface area contributed by atoms with Crippen molar-refractivity contribution in [1.82, 2.24) is 0 Å². The topological polar surface area (TPSA) is 165 Å². The Balaban J connectivity index is 1.77. The summed E-state index contributed by atoms with van der Waals surface area (Å²) in [6, 6.07) is 15.1. The monoisotopic (exact) mass is 422 g/mol. The van der Waals surface area contributed by atoms with E-state index in [4.69, 9.17) is 0 Å². The molecular weight excluding hydrogens is 408 g/mol. The molecule has 0 heterocycles. The number of carboxylic acid groups (broad SMARTS) is 1. The summed E-state index contributed by atoms with van der Waals surface area (Å²) in [6.07, 6.45) is 0. The van der Waals surface area contributed by atoms with Crippen molar-refractivity contribution in [3.8, 4) is 0 Å². The summed E-state index contributed by atoms with van der Waals surface area (Å²) in [4.78, 5) is 44.2. The van der Waals surface area contributed by atoms with Crippen LogP contribution in [0.2, 0.25) is 0 Å². The van der Waals surface area contributed by atoms with E-state index in [0.29, 0.717) is 11.4 Å². The first-order chi connectivity index (χ1) is 14.7. The Labute approximate surface area is 174 Å². The molecule has 0 fully saturated rings. The second kappa shape index (κ2) is 8.69. The number of non-ortho nitro benzene ring substituents is 2. The van der Waals surface area contributed by atoms with Gasteiger partial charge in [0.25, 0.3) is 17.3 Å². The third-order valence-electron chi connectivity index (χ3n) is 4.16. The van der Waals surface area contributed by atoms with Crippen molar-refractivity contribution in [2.45, 2.75) is 0 Å². The highest BCUT2D eigenvalue weighted by Gasteiger charge is 2.17. The number of amides is 1. The SMILES string of the molecule is O=C(O)c1ccccc1C(=O)Nc1ccc(Nc2cc([N+](=O)[O-])cc([N+](=O)[O-])c2)cc1. The summed E-state index contributed by atoms with van der Waals surface area (Å²) >= 11 is 0. The fourth-order valence-electron chi connectivity index (χ4n) is 2.75. The molecule has 0 aliphatic carbocycles. The van der Waals surface area contributed by atoms with E-state index in [-0.39, 0.29) is 16.8 Å². The Morgan fingerprint density at radius 3 is 1.77 bits per heavy atom. The highest BCUT2D eigenvalue weighted by molar-refractivity contribution is 6.10. The molecule has 0 spiro atoms. The van der Waals surface area contributed by atoms with Crippen molar-refractivity contribution < 1.29 is 24.5 Å². The van der Waals surface area contributed by atoms with Crippen molar-refractivity contribution in [2.75, 3.05) is 10.6 Å². The Morgan fingerprint density at radius 2 is 1.26 bits per heavy atom. The zero-order valence-electron chi connectivity index (χ0n) is 15.6. The molecule has 0 bridgehead atoms. The quantitative estimate of drug-likeness (QED) is 0.376. The smallest absolute Gasteiger partial charge is 0.336 e. The van der Waals surface area contributed by atoms with E-state index in [9.17, 15) is 34.9 Å². The van der Waals surface area contributed by atoms with Gasteiger partial charge in [0.2, 0.25) is 0 Å². The predicted molar refractivity (Wildman–Crippen MR) is 111 cm³/mol. The van der Waals surface area contributed by atoms with Crippen LogP contribution in [0, 0.1) is 20.2 Å². The molecule has 3 aromatic rings. The Bertz CT molecular complexity index is 1160. The van der Waals surface area contributed by atoms with Crippen LogP contribution in [-0.2, 0) is 0 Å². The second-order valence-corrected chi connectivity index (χ2v) is 6.26. The number of hydrogen-bond donors (Lipinski definition) is 3. The van der Waals surface area contributed by atoms with Crippen LogP contribution in [0.4, 0.5) is 28.4 Å². The number of nitrogens with one attached hydrogen (secondary N) is 2. The highest BCUT2D eigenvalue weighted by Crippen LogP contribution is 2.28. The second-order valence-electron chi connectivity index (χ2n) is 6.26. The first-order valence-electron chi connectivity index (χ1n) is 8.69. The maximum atomic E-state index is 12.4. The van der Waals surface area contributed by atoms with E-state index in [2.05, 4.69) is 10.6 Å². The van der Waals surface area contributed by atoms with Gasteiger partial charge in [-0.05, 0) is 36.4 Å². The number of aromatic carboxylic acids is 1. The standard InChI is InChI=1S/C20H14N4O7/c25-19(17-3-1-2-4-18(17)20(26)27)22-13-7-5-12(6-8-13)21-14-9-15(23(28)29)11-16(10-14)24(30)31/h1-11,21H,(H,22,25)(H,26,27). The lowest BCUT2D eigenvalue weighted by molar-refractivity contribution is -0.394. The minimum atomic E-state index is -1.23. The number of nitrogens with zero attached hydrogens (tertiary/aromatic N) is 2. The van der Waals surface area contributed by atoms with Crippen molar-refractivity contribution in [3.63, 3.8) is 0 Å². The van der Waals surface area contributed by atoms with Gasteiger partial charge in [-0.2, -0.15) is 0 Å². The lowest BCUT2D eigenvalue weighted by Gasteiger charge is -2.10. The van der Waals surface area contributed by atoms with Gasteiger partial charge in [-0.15, -0.1) is 0 Å². The molecule has 0 unspecified atom stereocenters. The highest BCUT2D eigenvalue weighted by atomic mass is 16.6. The maximum Gasteiger partial charge on any atom is 0.336 e. The molecule has 156 valence electrons. The molecule has 11 nitrogen and oxygen atoms in total. The van der Waals surface area contributed by atoms with Crippen molar-refractivity contribution in [2.24, 2.45) is 0 Å². The normalized spacial score (nSPS) is 10.2.